The quantitative estimate of drug-likeness (QED) is 0.864. The summed E-state index contributed by atoms with van der Waals surface area (Å²) in [5, 5.41) is 21.3. The molecular weight excluding hydrogens is 240 g/mol. The summed E-state index contributed by atoms with van der Waals surface area (Å²) < 4.78 is 0. The summed E-state index contributed by atoms with van der Waals surface area (Å²) in [5.74, 6) is -1.15. The number of nitriles is 1. The lowest BCUT2D eigenvalue weighted by Crippen LogP contribution is -2.43. The molecule has 1 aliphatic rings. The van der Waals surface area contributed by atoms with Crippen molar-refractivity contribution in [2.75, 3.05) is 5.32 Å². The van der Waals surface area contributed by atoms with E-state index >= 15 is 0 Å². The predicted molar refractivity (Wildman–Crippen MR) is 63.9 cm³/mol. The van der Waals surface area contributed by atoms with Gasteiger partial charge in [0.15, 0.2) is 0 Å². The molecule has 1 aliphatic carbocycles. The van der Waals surface area contributed by atoms with E-state index in [0.717, 1.165) is 6.42 Å². The van der Waals surface area contributed by atoms with Gasteiger partial charge in [-0.15, -0.1) is 0 Å². The molecule has 0 aromatic heterocycles. The summed E-state index contributed by atoms with van der Waals surface area (Å²) in [7, 11) is 0. The van der Waals surface area contributed by atoms with Crippen molar-refractivity contribution >= 4 is 23.3 Å². The minimum Gasteiger partial charge on any atom is -0.481 e. The van der Waals surface area contributed by atoms with E-state index in [1.807, 2.05) is 6.07 Å². The summed E-state index contributed by atoms with van der Waals surface area (Å²) in [6.45, 7) is 0. The zero-order valence-electron chi connectivity index (χ0n) is 8.98. The van der Waals surface area contributed by atoms with Crippen LogP contribution in [0.15, 0.2) is 18.2 Å². The van der Waals surface area contributed by atoms with E-state index in [1.54, 1.807) is 18.2 Å². The van der Waals surface area contributed by atoms with Crippen molar-refractivity contribution in [1.29, 1.82) is 5.26 Å². The lowest BCUT2D eigenvalue weighted by molar-refractivity contribution is -0.144. The van der Waals surface area contributed by atoms with E-state index < -0.39 is 5.97 Å². The topological polar surface area (TPSA) is 73.1 Å². The summed E-state index contributed by atoms with van der Waals surface area (Å²) >= 11 is 5.99. The maximum atomic E-state index is 10.9. The molecule has 4 nitrogen and oxygen atoms in total. The Balaban J connectivity index is 2.14. The van der Waals surface area contributed by atoms with Gasteiger partial charge in [0.25, 0.3) is 0 Å². The summed E-state index contributed by atoms with van der Waals surface area (Å²) in [5.41, 5.74) is 1.13. The highest BCUT2D eigenvalue weighted by atomic mass is 35.5. The van der Waals surface area contributed by atoms with Crippen molar-refractivity contribution in [3.8, 4) is 6.07 Å². The fraction of sp³-hybridized carbons (Fsp3) is 0.333. The van der Waals surface area contributed by atoms with E-state index in [-0.39, 0.29) is 12.0 Å². The summed E-state index contributed by atoms with van der Waals surface area (Å²) in [4.78, 5) is 10.9. The van der Waals surface area contributed by atoms with Crippen molar-refractivity contribution in [2.24, 2.45) is 5.92 Å². The lowest BCUT2D eigenvalue weighted by Gasteiger charge is -2.35. The Morgan fingerprint density at radius 1 is 1.53 bits per heavy atom. The normalized spacial score (nSPS) is 22.4. The second-order valence-electron chi connectivity index (χ2n) is 4.08. The Bertz CT molecular complexity index is 496. The van der Waals surface area contributed by atoms with Crippen molar-refractivity contribution in [3.05, 3.63) is 28.8 Å². The summed E-state index contributed by atoms with van der Waals surface area (Å²) in [6.07, 6.45) is 1.49. The van der Waals surface area contributed by atoms with Crippen molar-refractivity contribution in [2.45, 2.75) is 18.9 Å². The van der Waals surface area contributed by atoms with Crippen molar-refractivity contribution < 1.29 is 9.90 Å². The van der Waals surface area contributed by atoms with Crippen LogP contribution in [0.25, 0.3) is 0 Å². The molecule has 2 unspecified atom stereocenters. The third kappa shape index (κ3) is 2.34. The number of aliphatic carboxylic acids is 1. The molecular formula is C12H11ClN2O2. The van der Waals surface area contributed by atoms with Gasteiger partial charge in [0.2, 0.25) is 0 Å². The fourth-order valence-electron chi connectivity index (χ4n) is 1.87. The number of nitrogens with one attached hydrogen (secondary N) is 1. The monoisotopic (exact) mass is 250 g/mol. The highest BCUT2D eigenvalue weighted by Crippen LogP contribution is 2.33. The second kappa shape index (κ2) is 4.64. The molecule has 0 heterocycles. The van der Waals surface area contributed by atoms with Crippen LogP contribution in [0.2, 0.25) is 5.02 Å². The van der Waals surface area contributed by atoms with Crippen LogP contribution in [-0.2, 0) is 4.79 Å². The minimum absolute atomic E-state index is 0.0982. The van der Waals surface area contributed by atoms with Gasteiger partial charge in [-0.25, -0.2) is 0 Å². The van der Waals surface area contributed by atoms with Crippen LogP contribution >= 0.6 is 11.6 Å². The molecule has 2 atom stereocenters. The number of carboxylic acid groups (broad SMARTS) is 1. The van der Waals surface area contributed by atoms with Gasteiger partial charge in [0.05, 0.1) is 28.3 Å². The minimum atomic E-state index is -0.790. The maximum absolute atomic E-state index is 10.9. The molecule has 0 aliphatic heterocycles. The smallest absolute Gasteiger partial charge is 0.308 e. The highest BCUT2D eigenvalue weighted by Gasteiger charge is 2.36. The molecule has 0 radical (unpaired) electrons. The van der Waals surface area contributed by atoms with E-state index in [9.17, 15) is 4.79 Å². The van der Waals surface area contributed by atoms with Crippen LogP contribution in [0, 0.1) is 17.2 Å². The average Bonchev–Trinajstić information content (AvgIpc) is 2.25. The first-order valence-corrected chi connectivity index (χ1v) is 5.68. The van der Waals surface area contributed by atoms with E-state index in [0.29, 0.717) is 22.7 Å². The lowest BCUT2D eigenvalue weighted by atomic mass is 9.79. The Labute approximate surface area is 104 Å². The van der Waals surface area contributed by atoms with Crippen LogP contribution in [-0.4, -0.2) is 17.1 Å². The SMILES string of the molecule is N#Cc1ccc(Cl)c(NC2CCC2C(=O)O)c1. The first kappa shape index (κ1) is 11.7. The molecule has 2 rings (SSSR count). The molecule has 1 fully saturated rings. The van der Waals surface area contributed by atoms with Gasteiger partial charge in [-0.1, -0.05) is 11.6 Å². The zero-order valence-corrected chi connectivity index (χ0v) is 9.74. The first-order valence-electron chi connectivity index (χ1n) is 5.31. The molecule has 1 saturated carbocycles. The van der Waals surface area contributed by atoms with Gasteiger partial charge in [-0.2, -0.15) is 5.26 Å². The first-order chi connectivity index (χ1) is 8.11. The van der Waals surface area contributed by atoms with Crippen LogP contribution < -0.4 is 5.32 Å². The van der Waals surface area contributed by atoms with Crippen LogP contribution in [0.4, 0.5) is 5.69 Å². The number of carbonyl (C=O) groups is 1. The molecule has 0 saturated heterocycles. The zero-order chi connectivity index (χ0) is 12.4. The largest absolute Gasteiger partial charge is 0.481 e. The van der Waals surface area contributed by atoms with Gasteiger partial charge < -0.3 is 10.4 Å². The van der Waals surface area contributed by atoms with Gasteiger partial charge in [-0.3, -0.25) is 4.79 Å². The molecule has 0 bridgehead atoms. The van der Waals surface area contributed by atoms with Crippen LogP contribution in [0.3, 0.4) is 0 Å². The Morgan fingerprint density at radius 3 is 2.82 bits per heavy atom. The summed E-state index contributed by atoms with van der Waals surface area (Å²) in [6, 6.07) is 6.83. The second-order valence-corrected chi connectivity index (χ2v) is 4.49. The molecule has 0 spiro atoms. The number of benzene rings is 1. The molecule has 0 amide bonds. The predicted octanol–water partition coefficient (Wildman–Crippen LogP) is 2.49. The van der Waals surface area contributed by atoms with Crippen molar-refractivity contribution in [3.63, 3.8) is 0 Å². The van der Waals surface area contributed by atoms with Gasteiger partial charge in [0, 0.05) is 6.04 Å². The number of carboxylic acids is 1. The Kier molecular flexibility index (Phi) is 3.21. The van der Waals surface area contributed by atoms with Gasteiger partial charge >= 0.3 is 5.97 Å². The van der Waals surface area contributed by atoms with Gasteiger partial charge in [-0.05, 0) is 31.0 Å². The Hall–Kier alpha value is -1.73. The molecule has 5 heteroatoms. The average molecular weight is 251 g/mol. The number of hydrogen-bond donors (Lipinski definition) is 2. The molecule has 88 valence electrons. The number of nitrogens with zero attached hydrogens (tertiary/aromatic N) is 1. The number of halogens is 1. The standard InChI is InChI=1S/C12H11ClN2O2/c13-9-3-1-7(6-14)5-11(9)15-10-4-2-8(10)12(16)17/h1,3,5,8,10,15H,2,4H2,(H,16,17). The number of anilines is 1. The number of rotatable bonds is 3. The van der Waals surface area contributed by atoms with E-state index in [1.165, 1.54) is 0 Å². The molecule has 2 N–H and O–H groups in total. The third-order valence-corrected chi connectivity index (χ3v) is 3.36. The highest BCUT2D eigenvalue weighted by molar-refractivity contribution is 6.33. The Morgan fingerprint density at radius 2 is 2.29 bits per heavy atom. The van der Waals surface area contributed by atoms with Crippen LogP contribution in [0.1, 0.15) is 18.4 Å². The third-order valence-electron chi connectivity index (χ3n) is 3.03. The molecule has 1 aromatic rings. The maximum Gasteiger partial charge on any atom is 0.308 e. The van der Waals surface area contributed by atoms with Crippen LogP contribution in [0.5, 0.6) is 0 Å². The van der Waals surface area contributed by atoms with E-state index in [2.05, 4.69) is 5.32 Å². The molecule has 1 aromatic carbocycles. The number of hydrogen-bond acceptors (Lipinski definition) is 3. The fourth-order valence-corrected chi connectivity index (χ4v) is 2.05. The molecule has 17 heavy (non-hydrogen) atoms. The van der Waals surface area contributed by atoms with Crippen molar-refractivity contribution in [1.82, 2.24) is 0 Å². The van der Waals surface area contributed by atoms with E-state index in [4.69, 9.17) is 22.0 Å². The van der Waals surface area contributed by atoms with Gasteiger partial charge in [0.1, 0.15) is 0 Å².